The molecule has 12 heavy (non-hydrogen) atoms. The molecule has 0 bridgehead atoms. The molecule has 0 radical (unpaired) electrons. The van der Waals surface area contributed by atoms with Crippen molar-refractivity contribution in [3.8, 4) is 0 Å². The third kappa shape index (κ3) is 1.57. The predicted octanol–water partition coefficient (Wildman–Crippen LogP) is 0.727. The Morgan fingerprint density at radius 2 is 2.17 bits per heavy atom. The molecule has 1 saturated heterocycles. The number of amides is 3. The maximum absolute atomic E-state index is 11.1. The van der Waals surface area contributed by atoms with E-state index in [1.807, 2.05) is 0 Å². The summed E-state index contributed by atoms with van der Waals surface area (Å²) in [6.45, 7) is 4.48. The van der Waals surface area contributed by atoms with Crippen LogP contribution in [0.2, 0.25) is 0 Å². The maximum Gasteiger partial charge on any atom is 0.324 e. The highest BCUT2D eigenvalue weighted by Crippen LogP contribution is 2.08. The van der Waals surface area contributed by atoms with Crippen molar-refractivity contribution in [2.45, 2.75) is 32.7 Å². The minimum absolute atomic E-state index is 0.184. The number of rotatable bonds is 3. The van der Waals surface area contributed by atoms with Gasteiger partial charge in [0.1, 0.15) is 6.04 Å². The first-order valence-corrected chi connectivity index (χ1v) is 4.28. The van der Waals surface area contributed by atoms with Crippen LogP contribution in [0.15, 0.2) is 0 Å². The van der Waals surface area contributed by atoms with E-state index in [-0.39, 0.29) is 18.0 Å². The molecular weight excluding hydrogens is 156 g/mol. The lowest BCUT2D eigenvalue weighted by Gasteiger charge is -2.17. The number of carbonyl (C=O) groups excluding carboxylic acids is 2. The van der Waals surface area contributed by atoms with E-state index in [0.717, 1.165) is 12.8 Å². The Hall–Kier alpha value is -1.06. The number of urea groups is 1. The summed E-state index contributed by atoms with van der Waals surface area (Å²) in [5, 5.41) is 2.27. The van der Waals surface area contributed by atoms with E-state index in [9.17, 15) is 9.59 Å². The van der Waals surface area contributed by atoms with E-state index in [1.165, 1.54) is 0 Å². The highest BCUT2D eigenvalue weighted by atomic mass is 16.2. The highest BCUT2D eigenvalue weighted by molar-refractivity contribution is 6.03. The van der Waals surface area contributed by atoms with Gasteiger partial charge in [-0.3, -0.25) is 10.1 Å². The average molecular weight is 170 g/mol. The van der Waals surface area contributed by atoms with Crippen molar-refractivity contribution in [3.63, 3.8) is 0 Å². The summed E-state index contributed by atoms with van der Waals surface area (Å²) in [6.07, 6.45) is 1.98. The molecule has 1 N–H and O–H groups in total. The normalized spacial score (nSPS) is 23.2. The lowest BCUT2D eigenvalue weighted by molar-refractivity contribution is -0.121. The topological polar surface area (TPSA) is 49.4 Å². The van der Waals surface area contributed by atoms with E-state index in [2.05, 4.69) is 12.2 Å². The van der Waals surface area contributed by atoms with Gasteiger partial charge in [0, 0.05) is 6.54 Å². The summed E-state index contributed by atoms with van der Waals surface area (Å²) < 4.78 is 0. The van der Waals surface area contributed by atoms with E-state index >= 15 is 0 Å². The smallest absolute Gasteiger partial charge is 0.313 e. The highest BCUT2D eigenvalue weighted by Gasteiger charge is 2.33. The van der Waals surface area contributed by atoms with Crippen molar-refractivity contribution in [1.29, 1.82) is 0 Å². The van der Waals surface area contributed by atoms with Crippen LogP contribution in [0.25, 0.3) is 0 Å². The summed E-state index contributed by atoms with van der Waals surface area (Å²) in [4.78, 5) is 23.7. The van der Waals surface area contributed by atoms with Crippen molar-refractivity contribution >= 4 is 11.9 Å². The van der Waals surface area contributed by atoms with Crippen LogP contribution in [0.5, 0.6) is 0 Å². The Bertz CT molecular complexity index is 203. The van der Waals surface area contributed by atoms with Gasteiger partial charge in [0.05, 0.1) is 0 Å². The first kappa shape index (κ1) is 9.03. The molecule has 1 aliphatic heterocycles. The van der Waals surface area contributed by atoms with Gasteiger partial charge in [-0.15, -0.1) is 0 Å². The monoisotopic (exact) mass is 170 g/mol. The molecule has 1 unspecified atom stereocenters. The number of nitrogens with one attached hydrogen (secondary N) is 1. The summed E-state index contributed by atoms with van der Waals surface area (Å²) in [6, 6.07) is -0.537. The van der Waals surface area contributed by atoms with Crippen molar-refractivity contribution in [2.75, 3.05) is 6.54 Å². The first-order chi connectivity index (χ1) is 5.66. The van der Waals surface area contributed by atoms with Crippen LogP contribution < -0.4 is 5.32 Å². The van der Waals surface area contributed by atoms with Gasteiger partial charge in [0.25, 0.3) is 5.91 Å². The van der Waals surface area contributed by atoms with E-state index < -0.39 is 0 Å². The zero-order valence-electron chi connectivity index (χ0n) is 7.46. The quantitative estimate of drug-likeness (QED) is 0.635. The average Bonchev–Trinajstić information content (AvgIpc) is 2.25. The van der Waals surface area contributed by atoms with Gasteiger partial charge in [-0.25, -0.2) is 4.79 Å². The molecular formula is C8H14N2O2. The number of hydrogen-bond acceptors (Lipinski definition) is 2. The Morgan fingerprint density at radius 3 is 2.58 bits per heavy atom. The fraction of sp³-hybridized carbons (Fsp3) is 0.750. The number of carbonyl (C=O) groups is 2. The summed E-state index contributed by atoms with van der Waals surface area (Å²) in [5.41, 5.74) is 0. The second-order valence-corrected chi connectivity index (χ2v) is 3.02. The van der Waals surface area contributed by atoms with Crippen LogP contribution in [0.1, 0.15) is 26.7 Å². The molecule has 0 spiro atoms. The molecule has 1 aliphatic rings. The van der Waals surface area contributed by atoms with E-state index in [1.54, 1.807) is 11.8 Å². The molecule has 0 aromatic heterocycles. The minimum atomic E-state index is -0.288. The Kier molecular flexibility index (Phi) is 2.68. The maximum atomic E-state index is 11.1. The Morgan fingerprint density at radius 1 is 1.50 bits per heavy atom. The lowest BCUT2D eigenvalue weighted by Crippen LogP contribution is -2.33. The lowest BCUT2D eigenvalue weighted by atomic mass is 10.2. The van der Waals surface area contributed by atoms with Crippen LogP contribution in [0.3, 0.4) is 0 Å². The number of hydrogen-bond donors (Lipinski definition) is 1. The van der Waals surface area contributed by atoms with Crippen molar-refractivity contribution < 1.29 is 9.59 Å². The molecule has 1 atom stereocenters. The van der Waals surface area contributed by atoms with E-state index in [4.69, 9.17) is 0 Å². The van der Waals surface area contributed by atoms with Gasteiger partial charge < -0.3 is 4.90 Å². The molecule has 1 rings (SSSR count). The molecule has 3 amide bonds. The zero-order valence-corrected chi connectivity index (χ0v) is 7.46. The second-order valence-electron chi connectivity index (χ2n) is 3.02. The van der Waals surface area contributed by atoms with Crippen LogP contribution in [-0.2, 0) is 4.79 Å². The molecule has 1 heterocycles. The summed E-state index contributed by atoms with van der Waals surface area (Å²) in [7, 11) is 0. The third-order valence-corrected chi connectivity index (χ3v) is 2.09. The van der Waals surface area contributed by atoms with Crippen LogP contribution >= 0.6 is 0 Å². The van der Waals surface area contributed by atoms with Gasteiger partial charge >= 0.3 is 6.03 Å². The minimum Gasteiger partial charge on any atom is -0.313 e. The van der Waals surface area contributed by atoms with Gasteiger partial charge in [0.2, 0.25) is 0 Å². The zero-order chi connectivity index (χ0) is 9.14. The van der Waals surface area contributed by atoms with Gasteiger partial charge in [-0.2, -0.15) is 0 Å². The van der Waals surface area contributed by atoms with Crippen molar-refractivity contribution in [1.82, 2.24) is 10.2 Å². The summed E-state index contributed by atoms with van der Waals surface area (Å²) in [5.74, 6) is -0.184. The van der Waals surface area contributed by atoms with Crippen molar-refractivity contribution in [3.05, 3.63) is 0 Å². The number of imide groups is 1. The van der Waals surface area contributed by atoms with Gasteiger partial charge in [-0.05, 0) is 13.3 Å². The van der Waals surface area contributed by atoms with Crippen molar-refractivity contribution in [2.24, 2.45) is 0 Å². The molecule has 1 fully saturated rings. The molecule has 0 aromatic carbocycles. The molecule has 0 aliphatic carbocycles. The second kappa shape index (κ2) is 3.56. The third-order valence-electron chi connectivity index (χ3n) is 2.09. The predicted molar refractivity (Wildman–Crippen MR) is 44.6 cm³/mol. The molecule has 0 saturated carbocycles. The van der Waals surface area contributed by atoms with Gasteiger partial charge in [-0.1, -0.05) is 13.3 Å². The standard InChI is InChI=1S/C8H14N2O2/c1-3-4-5-10-6(2)7(11)9-8(10)12/h6H,3-5H2,1-2H3,(H,9,11,12). The van der Waals surface area contributed by atoms with E-state index in [0.29, 0.717) is 6.54 Å². The summed E-state index contributed by atoms with van der Waals surface area (Å²) >= 11 is 0. The largest absolute Gasteiger partial charge is 0.324 e. The fourth-order valence-electron chi connectivity index (χ4n) is 1.22. The molecule has 4 nitrogen and oxygen atoms in total. The SMILES string of the molecule is CCCCN1C(=O)NC(=O)C1C. The van der Waals surface area contributed by atoms with Crippen LogP contribution in [0, 0.1) is 0 Å². The molecule has 0 aromatic rings. The Labute approximate surface area is 71.9 Å². The van der Waals surface area contributed by atoms with Gasteiger partial charge in [0.15, 0.2) is 0 Å². The fourth-order valence-corrected chi connectivity index (χ4v) is 1.22. The van der Waals surface area contributed by atoms with Crippen LogP contribution in [0.4, 0.5) is 4.79 Å². The van der Waals surface area contributed by atoms with Crippen LogP contribution in [-0.4, -0.2) is 29.4 Å². The Balaban J connectivity index is 2.51. The first-order valence-electron chi connectivity index (χ1n) is 4.28. The number of unbranched alkanes of at least 4 members (excludes halogenated alkanes) is 1. The molecule has 68 valence electrons. The molecule has 4 heteroatoms. The number of nitrogens with zero attached hydrogens (tertiary/aromatic N) is 1.